The summed E-state index contributed by atoms with van der Waals surface area (Å²) in [6, 6.07) is 21.8. The van der Waals surface area contributed by atoms with Crippen LogP contribution in [0.2, 0.25) is 0 Å². The predicted molar refractivity (Wildman–Crippen MR) is 160 cm³/mol. The first kappa shape index (κ1) is 32.4. The van der Waals surface area contributed by atoms with Crippen LogP contribution in [-0.4, -0.2) is 11.5 Å². The van der Waals surface area contributed by atoms with E-state index in [-0.39, 0.29) is 16.9 Å². The Morgan fingerprint density at radius 3 is 1.17 bits per heavy atom. The van der Waals surface area contributed by atoms with Crippen molar-refractivity contribution in [3.05, 3.63) is 71.8 Å². The van der Waals surface area contributed by atoms with Crippen molar-refractivity contribution in [3.8, 4) is 0 Å². The molecule has 0 radical (unpaired) electrons. The van der Waals surface area contributed by atoms with Crippen molar-refractivity contribution in [2.75, 3.05) is 0 Å². The van der Waals surface area contributed by atoms with Gasteiger partial charge in [-0.15, -0.1) is 0 Å². The summed E-state index contributed by atoms with van der Waals surface area (Å²) in [5, 5.41) is 0. The normalized spacial score (nSPS) is 12.3. The van der Waals surface area contributed by atoms with E-state index in [0.717, 1.165) is 6.42 Å². The highest BCUT2D eigenvalue weighted by Gasteiger charge is 2.34. The van der Waals surface area contributed by atoms with Crippen molar-refractivity contribution in [3.63, 3.8) is 0 Å². The monoisotopic (exact) mass is 495 g/mol. The Bertz CT molecular complexity index is 690. The second kappa shape index (κ2) is 20.4. The molecular formula is C34H57NO. The summed E-state index contributed by atoms with van der Waals surface area (Å²) in [7, 11) is 0. The Kier molecular flexibility index (Phi) is 18.4. The fraction of sp³-hybridized carbons (Fsp3) is 0.647. The maximum absolute atomic E-state index is 6.88. The minimum absolute atomic E-state index is 0. The molecule has 0 saturated carbocycles. The third-order valence-corrected chi connectivity index (χ3v) is 8.11. The summed E-state index contributed by atoms with van der Waals surface area (Å²) in [4.78, 5) is 0. The van der Waals surface area contributed by atoms with Crippen LogP contribution in [0.5, 0.6) is 0 Å². The highest BCUT2D eigenvalue weighted by atomic mass is 16.0. The second-order valence-electron chi connectivity index (χ2n) is 11.0. The highest BCUT2D eigenvalue weighted by molar-refractivity contribution is 5.40. The first-order valence-corrected chi connectivity index (χ1v) is 15.1. The third-order valence-electron chi connectivity index (χ3n) is 8.11. The number of hydrogen-bond donors (Lipinski definition) is 1. The van der Waals surface area contributed by atoms with Gasteiger partial charge in [-0.25, -0.2) is 0 Å². The van der Waals surface area contributed by atoms with Crippen LogP contribution >= 0.6 is 0 Å². The number of unbranched alkanes of at least 4 members (excludes halogenated alkanes) is 16. The van der Waals surface area contributed by atoms with Gasteiger partial charge in [-0.1, -0.05) is 177 Å². The van der Waals surface area contributed by atoms with Crippen molar-refractivity contribution < 1.29 is 5.48 Å². The van der Waals surface area contributed by atoms with E-state index in [1.807, 2.05) is 0 Å². The van der Waals surface area contributed by atoms with Gasteiger partial charge in [0.1, 0.15) is 0 Å². The largest absolute Gasteiger partial charge is 0.412 e. The smallest absolute Gasteiger partial charge is 0.0325 e. The van der Waals surface area contributed by atoms with E-state index in [4.69, 9.17) is 5.73 Å². The fourth-order valence-electron chi connectivity index (χ4n) is 5.54. The molecule has 0 aliphatic carbocycles. The van der Waals surface area contributed by atoms with Gasteiger partial charge in [-0.3, -0.25) is 0 Å². The minimum atomic E-state index is -0.141. The molecule has 0 saturated heterocycles. The summed E-state index contributed by atoms with van der Waals surface area (Å²) in [6.45, 7) is 4.63. The van der Waals surface area contributed by atoms with E-state index in [1.165, 1.54) is 120 Å². The highest BCUT2D eigenvalue weighted by Crippen LogP contribution is 2.36. The van der Waals surface area contributed by atoms with Crippen LogP contribution in [0.4, 0.5) is 0 Å². The summed E-state index contributed by atoms with van der Waals surface area (Å²) in [6.07, 6.45) is 25.1. The Morgan fingerprint density at radius 2 is 0.833 bits per heavy atom. The van der Waals surface area contributed by atoms with Gasteiger partial charge >= 0.3 is 0 Å². The molecule has 4 N–H and O–H groups in total. The molecule has 0 aliphatic heterocycles. The van der Waals surface area contributed by atoms with Crippen molar-refractivity contribution in [2.24, 2.45) is 5.73 Å². The van der Waals surface area contributed by atoms with Gasteiger partial charge in [-0.05, 0) is 24.5 Å². The Labute approximate surface area is 223 Å². The van der Waals surface area contributed by atoms with E-state index in [0.29, 0.717) is 0 Å². The molecule has 2 heteroatoms. The van der Waals surface area contributed by atoms with Crippen LogP contribution in [0.1, 0.15) is 141 Å². The van der Waals surface area contributed by atoms with Crippen molar-refractivity contribution in [1.29, 1.82) is 0 Å². The fourth-order valence-corrected chi connectivity index (χ4v) is 5.54. The number of hydrogen-bond acceptors (Lipinski definition) is 1. The molecule has 0 bridgehead atoms. The maximum atomic E-state index is 6.88. The standard InChI is InChI=1S/C34H55N.H2O/c1-3-4-5-6-7-8-9-10-11-12-13-14-15-16-17-18-25-30-33(35)34(2,31-26-21-19-22-27-31)32-28-23-20-24-29-32;/h19-24,26-29,33H,3-18,25,30,35H2,1-2H3;1H2. The molecule has 1 unspecified atom stereocenters. The molecule has 1 atom stereocenters. The summed E-state index contributed by atoms with van der Waals surface area (Å²) < 4.78 is 0. The molecule has 2 rings (SSSR count). The SMILES string of the molecule is CCCCCCCCCCCCCCCCCCCC(N)C(C)(c1ccccc1)c1ccccc1.O. The molecule has 2 aromatic rings. The van der Waals surface area contributed by atoms with E-state index in [9.17, 15) is 0 Å². The van der Waals surface area contributed by atoms with Gasteiger partial charge in [0.15, 0.2) is 0 Å². The molecule has 204 valence electrons. The molecule has 2 aromatic carbocycles. The first-order valence-electron chi connectivity index (χ1n) is 15.1. The predicted octanol–water partition coefficient (Wildman–Crippen LogP) is 9.54. The van der Waals surface area contributed by atoms with Crippen LogP contribution < -0.4 is 5.73 Å². The topological polar surface area (TPSA) is 57.5 Å². The van der Waals surface area contributed by atoms with E-state index < -0.39 is 0 Å². The Balaban J connectivity index is 0.00000648. The molecule has 0 spiro atoms. The molecule has 0 amide bonds. The van der Waals surface area contributed by atoms with Gasteiger partial charge in [0.05, 0.1) is 0 Å². The second-order valence-corrected chi connectivity index (χ2v) is 11.0. The van der Waals surface area contributed by atoms with Crippen LogP contribution in [0.3, 0.4) is 0 Å². The summed E-state index contributed by atoms with van der Waals surface area (Å²) in [5.41, 5.74) is 9.39. The molecular weight excluding hydrogens is 438 g/mol. The number of nitrogens with two attached hydrogens (primary N) is 1. The van der Waals surface area contributed by atoms with Gasteiger partial charge < -0.3 is 11.2 Å². The zero-order chi connectivity index (χ0) is 25.0. The van der Waals surface area contributed by atoms with Crippen molar-refractivity contribution >= 4 is 0 Å². The van der Waals surface area contributed by atoms with Gasteiger partial charge in [0, 0.05) is 11.5 Å². The number of benzene rings is 2. The average Bonchev–Trinajstić information content (AvgIpc) is 2.90. The third kappa shape index (κ3) is 12.1. The van der Waals surface area contributed by atoms with E-state index in [2.05, 4.69) is 74.5 Å². The molecule has 0 aromatic heterocycles. The van der Waals surface area contributed by atoms with Crippen LogP contribution in [0.25, 0.3) is 0 Å². The molecule has 0 fully saturated rings. The lowest BCUT2D eigenvalue weighted by atomic mass is 9.69. The Morgan fingerprint density at radius 1 is 0.528 bits per heavy atom. The molecule has 0 heterocycles. The zero-order valence-electron chi connectivity index (χ0n) is 23.7. The van der Waals surface area contributed by atoms with E-state index in [1.54, 1.807) is 0 Å². The van der Waals surface area contributed by atoms with Gasteiger partial charge in [0.2, 0.25) is 0 Å². The van der Waals surface area contributed by atoms with Crippen molar-refractivity contribution in [2.45, 2.75) is 141 Å². The molecule has 0 aliphatic rings. The van der Waals surface area contributed by atoms with Crippen LogP contribution in [0, 0.1) is 0 Å². The number of rotatable bonds is 21. The quantitative estimate of drug-likeness (QED) is 0.172. The van der Waals surface area contributed by atoms with Gasteiger partial charge in [0.25, 0.3) is 0 Å². The molecule has 2 nitrogen and oxygen atoms in total. The summed E-state index contributed by atoms with van der Waals surface area (Å²) in [5.74, 6) is 0. The van der Waals surface area contributed by atoms with Gasteiger partial charge in [-0.2, -0.15) is 0 Å². The van der Waals surface area contributed by atoms with E-state index >= 15 is 0 Å². The molecule has 36 heavy (non-hydrogen) atoms. The lowest BCUT2D eigenvalue weighted by Gasteiger charge is -2.37. The zero-order valence-corrected chi connectivity index (χ0v) is 23.7. The van der Waals surface area contributed by atoms with Crippen molar-refractivity contribution in [1.82, 2.24) is 0 Å². The van der Waals surface area contributed by atoms with Crippen LogP contribution in [0.15, 0.2) is 60.7 Å². The lowest BCUT2D eigenvalue weighted by Crippen LogP contribution is -2.44. The minimum Gasteiger partial charge on any atom is -0.412 e. The Hall–Kier alpha value is -1.64. The lowest BCUT2D eigenvalue weighted by molar-refractivity contribution is 0.401. The first-order chi connectivity index (χ1) is 17.2. The summed E-state index contributed by atoms with van der Waals surface area (Å²) >= 11 is 0. The van der Waals surface area contributed by atoms with Crippen LogP contribution in [-0.2, 0) is 5.41 Å². The maximum Gasteiger partial charge on any atom is 0.0325 e. The average molecular weight is 496 g/mol.